The minimum atomic E-state index is -0.705. The van der Waals surface area contributed by atoms with Crippen molar-refractivity contribution in [3.05, 3.63) is 88.0 Å². The first-order valence-electron chi connectivity index (χ1n) is 10.7. The van der Waals surface area contributed by atoms with Gasteiger partial charge in [0.2, 0.25) is 11.8 Å². The summed E-state index contributed by atoms with van der Waals surface area (Å²) in [4.78, 5) is 35.2. The highest BCUT2D eigenvalue weighted by Crippen LogP contribution is 2.34. The quantitative estimate of drug-likeness (QED) is 0.180. The second-order valence-electron chi connectivity index (χ2n) is 7.34. The van der Waals surface area contributed by atoms with Crippen molar-refractivity contribution in [1.82, 2.24) is 5.43 Å². The first kappa shape index (κ1) is 25.7. The van der Waals surface area contributed by atoms with Crippen molar-refractivity contribution in [2.75, 3.05) is 19.5 Å². The van der Waals surface area contributed by atoms with Crippen molar-refractivity contribution in [2.45, 2.75) is 13.0 Å². The molecule has 0 aliphatic carbocycles. The molecular formula is C25H24N4O7. The summed E-state index contributed by atoms with van der Waals surface area (Å²) in [6, 6.07) is 18.6. The third-order valence-electron chi connectivity index (χ3n) is 4.81. The molecule has 0 radical (unpaired) electrons. The van der Waals surface area contributed by atoms with Crippen molar-refractivity contribution in [1.29, 1.82) is 0 Å². The Morgan fingerprint density at radius 2 is 1.75 bits per heavy atom. The molecule has 3 aromatic rings. The number of methoxy groups -OCH3 is 2. The van der Waals surface area contributed by atoms with Crippen LogP contribution in [0.4, 0.5) is 11.4 Å². The van der Waals surface area contributed by atoms with E-state index in [1.54, 1.807) is 24.3 Å². The molecule has 0 aliphatic rings. The number of ether oxygens (including phenoxy) is 3. The van der Waals surface area contributed by atoms with Gasteiger partial charge in [0.1, 0.15) is 18.8 Å². The van der Waals surface area contributed by atoms with Gasteiger partial charge in [0.15, 0.2) is 11.5 Å². The number of hydrogen-bond acceptors (Lipinski definition) is 8. The smallest absolute Gasteiger partial charge is 0.282 e. The first-order chi connectivity index (χ1) is 17.4. The highest BCUT2D eigenvalue weighted by Gasteiger charge is 2.19. The Morgan fingerprint density at radius 1 is 0.972 bits per heavy atom. The second-order valence-corrected chi connectivity index (χ2v) is 7.34. The fraction of sp³-hybridized carbons (Fsp3) is 0.160. The Morgan fingerprint density at radius 3 is 2.44 bits per heavy atom. The Balaban J connectivity index is 1.64. The van der Waals surface area contributed by atoms with Gasteiger partial charge < -0.3 is 19.5 Å². The minimum Gasteiger partial charge on any atom is -0.497 e. The molecule has 0 atom stereocenters. The largest absolute Gasteiger partial charge is 0.497 e. The molecule has 0 fully saturated rings. The van der Waals surface area contributed by atoms with Crippen molar-refractivity contribution in [2.24, 2.45) is 5.10 Å². The summed E-state index contributed by atoms with van der Waals surface area (Å²) >= 11 is 0. The SMILES string of the molecule is COc1cccc(NC(=O)CC(=O)NN=Cc2cc(OC)c(OCc3ccccc3)cc2[N+](=O)[O-])c1. The van der Waals surface area contributed by atoms with Crippen LogP contribution in [-0.4, -0.2) is 37.2 Å². The maximum Gasteiger partial charge on any atom is 0.282 e. The van der Waals surface area contributed by atoms with Gasteiger partial charge in [-0.25, -0.2) is 5.43 Å². The van der Waals surface area contributed by atoms with Gasteiger partial charge in [-0.15, -0.1) is 0 Å². The fourth-order valence-electron chi connectivity index (χ4n) is 3.10. The zero-order valence-electron chi connectivity index (χ0n) is 19.6. The van der Waals surface area contributed by atoms with E-state index in [1.807, 2.05) is 30.3 Å². The van der Waals surface area contributed by atoms with E-state index < -0.39 is 23.2 Å². The minimum absolute atomic E-state index is 0.0741. The number of hydrogen-bond donors (Lipinski definition) is 2. The second kappa shape index (κ2) is 12.5. The van der Waals surface area contributed by atoms with Gasteiger partial charge in [-0.3, -0.25) is 19.7 Å². The Bertz CT molecular complexity index is 1260. The summed E-state index contributed by atoms with van der Waals surface area (Å²) in [6.07, 6.45) is 0.589. The number of carbonyl (C=O) groups is 2. The lowest BCUT2D eigenvalue weighted by molar-refractivity contribution is -0.385. The van der Waals surface area contributed by atoms with Crippen LogP contribution in [-0.2, 0) is 16.2 Å². The summed E-state index contributed by atoms with van der Waals surface area (Å²) in [5.74, 6) is -0.284. The van der Waals surface area contributed by atoms with E-state index in [4.69, 9.17) is 14.2 Å². The number of rotatable bonds is 11. The number of nitrogens with one attached hydrogen (secondary N) is 2. The van der Waals surface area contributed by atoms with E-state index >= 15 is 0 Å². The topological polar surface area (TPSA) is 141 Å². The third kappa shape index (κ3) is 7.29. The number of amides is 2. The summed E-state index contributed by atoms with van der Waals surface area (Å²) in [5.41, 5.74) is 3.31. The van der Waals surface area contributed by atoms with Crippen LogP contribution < -0.4 is 25.0 Å². The van der Waals surface area contributed by atoms with Gasteiger partial charge in [0.25, 0.3) is 5.69 Å². The maximum absolute atomic E-state index is 12.1. The van der Waals surface area contributed by atoms with Gasteiger partial charge >= 0.3 is 0 Å². The first-order valence-corrected chi connectivity index (χ1v) is 10.7. The van der Waals surface area contributed by atoms with Crippen LogP contribution in [0.15, 0.2) is 71.8 Å². The van der Waals surface area contributed by atoms with Crippen molar-refractivity contribution >= 4 is 29.4 Å². The van der Waals surface area contributed by atoms with Crippen molar-refractivity contribution < 1.29 is 28.7 Å². The van der Waals surface area contributed by atoms with Crippen LogP contribution in [0, 0.1) is 10.1 Å². The number of nitrogens with zero attached hydrogens (tertiary/aromatic N) is 2. The summed E-state index contributed by atoms with van der Waals surface area (Å²) in [5, 5.41) is 17.9. The number of carbonyl (C=O) groups excluding carboxylic acids is 2. The lowest BCUT2D eigenvalue weighted by Crippen LogP contribution is -2.24. The molecule has 11 heteroatoms. The number of anilines is 1. The van der Waals surface area contributed by atoms with E-state index in [9.17, 15) is 19.7 Å². The molecule has 0 spiro atoms. The van der Waals surface area contributed by atoms with Gasteiger partial charge in [0, 0.05) is 11.8 Å². The third-order valence-corrected chi connectivity index (χ3v) is 4.81. The van der Waals surface area contributed by atoms with Gasteiger partial charge in [-0.2, -0.15) is 5.10 Å². The number of hydrazone groups is 1. The molecule has 3 aromatic carbocycles. The lowest BCUT2D eigenvalue weighted by atomic mass is 10.1. The molecule has 0 saturated heterocycles. The fourth-order valence-corrected chi connectivity index (χ4v) is 3.10. The highest BCUT2D eigenvalue weighted by atomic mass is 16.6. The molecule has 0 aliphatic heterocycles. The standard InChI is InChI=1S/C25H24N4O7/c1-34-20-10-6-9-19(12-20)27-24(30)14-25(31)28-26-15-18-11-22(35-2)23(13-21(18)29(32)33)36-16-17-7-4-3-5-8-17/h3-13,15H,14,16H2,1-2H3,(H,27,30)(H,28,31). The van der Waals surface area contributed by atoms with E-state index in [2.05, 4.69) is 15.8 Å². The number of benzene rings is 3. The molecule has 186 valence electrons. The molecule has 2 amide bonds. The van der Waals surface area contributed by atoms with Crippen LogP contribution in [0.5, 0.6) is 17.2 Å². The summed E-state index contributed by atoms with van der Waals surface area (Å²) in [6.45, 7) is 0.190. The van der Waals surface area contributed by atoms with Crippen LogP contribution in [0.2, 0.25) is 0 Å². The normalized spacial score (nSPS) is 10.5. The lowest BCUT2D eigenvalue weighted by Gasteiger charge is -2.12. The van der Waals surface area contributed by atoms with E-state index in [0.29, 0.717) is 11.4 Å². The molecule has 2 N–H and O–H groups in total. The molecule has 3 rings (SSSR count). The number of nitro groups is 1. The van der Waals surface area contributed by atoms with Crippen LogP contribution in [0.25, 0.3) is 0 Å². The van der Waals surface area contributed by atoms with Crippen molar-refractivity contribution in [3.8, 4) is 17.2 Å². The monoisotopic (exact) mass is 492 g/mol. The molecule has 36 heavy (non-hydrogen) atoms. The Kier molecular flexibility index (Phi) is 8.93. The van der Waals surface area contributed by atoms with Gasteiger partial charge in [-0.1, -0.05) is 36.4 Å². The highest BCUT2D eigenvalue weighted by molar-refractivity contribution is 6.03. The molecule has 0 heterocycles. The van der Waals surface area contributed by atoms with Crippen LogP contribution in [0.1, 0.15) is 17.5 Å². The van der Waals surface area contributed by atoms with Crippen LogP contribution >= 0.6 is 0 Å². The van der Waals surface area contributed by atoms with Gasteiger partial charge in [-0.05, 0) is 23.8 Å². The number of nitro benzene ring substituents is 1. The van der Waals surface area contributed by atoms with E-state index in [1.165, 1.54) is 26.4 Å². The predicted molar refractivity (Wildman–Crippen MR) is 132 cm³/mol. The molecule has 11 nitrogen and oxygen atoms in total. The zero-order valence-corrected chi connectivity index (χ0v) is 19.6. The van der Waals surface area contributed by atoms with Gasteiger partial charge in [0.05, 0.1) is 37.0 Å². The molecule has 0 bridgehead atoms. The van der Waals surface area contributed by atoms with Crippen LogP contribution in [0.3, 0.4) is 0 Å². The van der Waals surface area contributed by atoms with E-state index in [0.717, 1.165) is 11.8 Å². The maximum atomic E-state index is 12.1. The molecule has 0 saturated carbocycles. The molecule has 0 aromatic heterocycles. The summed E-state index contributed by atoms with van der Waals surface area (Å²) in [7, 11) is 2.90. The van der Waals surface area contributed by atoms with E-state index in [-0.39, 0.29) is 29.4 Å². The average molecular weight is 492 g/mol. The average Bonchev–Trinajstić information content (AvgIpc) is 2.87. The van der Waals surface area contributed by atoms with Crippen molar-refractivity contribution in [3.63, 3.8) is 0 Å². The molecular weight excluding hydrogens is 468 g/mol. The summed E-state index contributed by atoms with van der Waals surface area (Å²) < 4.78 is 16.1. The Labute approximate surface area is 206 Å². The predicted octanol–water partition coefficient (Wildman–Crippen LogP) is 3.67. The Hall–Kier alpha value is -4.93. The zero-order chi connectivity index (χ0) is 25.9. The molecule has 0 unspecified atom stereocenters.